The molecule has 1 heterocycles. The molecule has 1 aromatic heterocycles. The number of nitrogens with zero attached hydrogens (tertiary/aromatic N) is 2. The van der Waals surface area contributed by atoms with Crippen LogP contribution in [0.25, 0.3) is 0 Å². The zero-order valence-corrected chi connectivity index (χ0v) is 8.95. The predicted octanol–water partition coefficient (Wildman–Crippen LogP) is 1.45. The van der Waals surface area contributed by atoms with Crippen LogP contribution in [-0.2, 0) is 11.3 Å². The molecule has 4 nitrogen and oxygen atoms in total. The number of carbonyl (C=O) groups is 1. The molecule has 1 rings (SSSR count). The highest BCUT2D eigenvalue weighted by Gasteiger charge is 2.12. The quantitative estimate of drug-likeness (QED) is 0.597. The average molecular weight is 247 g/mol. The molecule has 72 valence electrons. The second-order valence-electron chi connectivity index (χ2n) is 2.35. The van der Waals surface area contributed by atoms with Gasteiger partial charge in [-0.3, -0.25) is 0 Å². The largest absolute Gasteiger partial charge is 0.460 e. The summed E-state index contributed by atoms with van der Waals surface area (Å²) in [7, 11) is 0. The monoisotopic (exact) mass is 246 g/mol. The Balaban J connectivity index is 2.74. The summed E-state index contributed by atoms with van der Waals surface area (Å²) in [4.78, 5) is 15.2. The lowest BCUT2D eigenvalue weighted by molar-refractivity contribution is 0.0506. The molecule has 0 aliphatic rings. The lowest BCUT2D eigenvalue weighted by Gasteiger charge is -2.04. The van der Waals surface area contributed by atoms with Crippen molar-refractivity contribution in [3.8, 4) is 0 Å². The molecule has 0 saturated carbocycles. The van der Waals surface area contributed by atoms with Gasteiger partial charge in [0.25, 0.3) is 0 Å². The van der Waals surface area contributed by atoms with Crippen LogP contribution in [0.4, 0.5) is 0 Å². The molecule has 1 aromatic rings. The van der Waals surface area contributed by atoms with Crippen molar-refractivity contribution in [3.63, 3.8) is 0 Å². The number of halogens is 1. The van der Waals surface area contributed by atoms with E-state index in [2.05, 4.69) is 20.9 Å². The molecule has 0 aliphatic carbocycles. The van der Waals surface area contributed by atoms with Crippen LogP contribution in [0.3, 0.4) is 0 Å². The molecule has 0 saturated heterocycles. The van der Waals surface area contributed by atoms with E-state index < -0.39 is 0 Å². The van der Waals surface area contributed by atoms with E-state index in [-0.39, 0.29) is 5.97 Å². The maximum Gasteiger partial charge on any atom is 0.374 e. The Hall–Kier alpha value is -0.840. The SMILES string of the molecule is CCOC(=O)c1nccn1CCBr. The van der Waals surface area contributed by atoms with E-state index in [4.69, 9.17) is 4.74 Å². The minimum atomic E-state index is -0.367. The lowest BCUT2D eigenvalue weighted by Crippen LogP contribution is -2.13. The highest BCUT2D eigenvalue weighted by molar-refractivity contribution is 9.09. The zero-order chi connectivity index (χ0) is 9.68. The second-order valence-corrected chi connectivity index (χ2v) is 3.15. The Morgan fingerprint density at radius 3 is 3.15 bits per heavy atom. The van der Waals surface area contributed by atoms with Gasteiger partial charge in [-0.25, -0.2) is 9.78 Å². The Kier molecular flexibility index (Phi) is 3.95. The molecule has 0 aromatic carbocycles. The number of aryl methyl sites for hydroxylation is 1. The third-order valence-electron chi connectivity index (χ3n) is 1.50. The molecule has 0 radical (unpaired) electrons. The van der Waals surface area contributed by atoms with Gasteiger partial charge in [0.05, 0.1) is 6.61 Å². The number of esters is 1. The van der Waals surface area contributed by atoms with Crippen molar-refractivity contribution in [2.75, 3.05) is 11.9 Å². The van der Waals surface area contributed by atoms with Crippen LogP contribution >= 0.6 is 15.9 Å². The zero-order valence-electron chi connectivity index (χ0n) is 7.36. The Labute approximate surface area is 85.0 Å². The number of hydrogen-bond acceptors (Lipinski definition) is 3. The summed E-state index contributed by atoms with van der Waals surface area (Å²) in [5.74, 6) is -0.00486. The van der Waals surface area contributed by atoms with Crippen molar-refractivity contribution in [1.29, 1.82) is 0 Å². The fraction of sp³-hybridized carbons (Fsp3) is 0.500. The normalized spacial score (nSPS) is 10.0. The highest BCUT2D eigenvalue weighted by atomic mass is 79.9. The summed E-state index contributed by atoms with van der Waals surface area (Å²) in [5, 5.41) is 0.787. The van der Waals surface area contributed by atoms with Crippen LogP contribution in [0.5, 0.6) is 0 Å². The van der Waals surface area contributed by atoms with Crippen molar-refractivity contribution in [1.82, 2.24) is 9.55 Å². The molecule has 5 heteroatoms. The van der Waals surface area contributed by atoms with Gasteiger partial charge in [0.1, 0.15) is 0 Å². The molecule has 0 aliphatic heterocycles. The van der Waals surface area contributed by atoms with Crippen molar-refractivity contribution in [2.24, 2.45) is 0 Å². The number of carbonyl (C=O) groups excluding carboxylic acids is 1. The minimum absolute atomic E-state index is 0.362. The molecule has 0 atom stereocenters. The summed E-state index contributed by atoms with van der Waals surface area (Å²) >= 11 is 3.29. The average Bonchev–Trinajstić information content (AvgIpc) is 2.54. The number of ether oxygens (including phenoxy) is 1. The fourth-order valence-electron chi connectivity index (χ4n) is 0.966. The Morgan fingerprint density at radius 2 is 2.54 bits per heavy atom. The summed E-state index contributed by atoms with van der Waals surface area (Å²) in [6.07, 6.45) is 3.35. The van der Waals surface area contributed by atoms with Gasteiger partial charge in [-0.2, -0.15) is 0 Å². The maximum atomic E-state index is 11.3. The fourth-order valence-corrected chi connectivity index (χ4v) is 1.35. The third kappa shape index (κ3) is 2.55. The highest BCUT2D eigenvalue weighted by Crippen LogP contribution is 2.01. The van der Waals surface area contributed by atoms with Crippen LogP contribution < -0.4 is 0 Å². The van der Waals surface area contributed by atoms with E-state index in [0.29, 0.717) is 19.0 Å². The van der Waals surface area contributed by atoms with Crippen LogP contribution in [-0.4, -0.2) is 27.5 Å². The van der Waals surface area contributed by atoms with Crippen LogP contribution in [0.2, 0.25) is 0 Å². The van der Waals surface area contributed by atoms with Gasteiger partial charge in [-0.05, 0) is 6.92 Å². The first-order valence-electron chi connectivity index (χ1n) is 4.03. The first-order valence-corrected chi connectivity index (χ1v) is 5.16. The minimum Gasteiger partial charge on any atom is -0.460 e. The first-order chi connectivity index (χ1) is 6.29. The van der Waals surface area contributed by atoms with E-state index in [0.717, 1.165) is 5.33 Å². The number of hydrogen-bond donors (Lipinski definition) is 0. The molecule has 0 amide bonds. The first kappa shape index (κ1) is 10.2. The molecule has 0 fully saturated rings. The molecule has 0 unspecified atom stereocenters. The van der Waals surface area contributed by atoms with Gasteiger partial charge in [-0.15, -0.1) is 0 Å². The van der Waals surface area contributed by atoms with E-state index in [1.165, 1.54) is 0 Å². The predicted molar refractivity (Wildman–Crippen MR) is 52.0 cm³/mol. The van der Waals surface area contributed by atoms with Gasteiger partial charge >= 0.3 is 5.97 Å². The summed E-state index contributed by atoms with van der Waals surface area (Å²) in [6, 6.07) is 0. The number of imidazole rings is 1. The van der Waals surface area contributed by atoms with E-state index in [1.807, 2.05) is 0 Å². The molecule has 0 bridgehead atoms. The standard InChI is InChI=1S/C8H11BrN2O2/c1-2-13-8(12)7-10-4-6-11(7)5-3-9/h4,6H,2-3,5H2,1H3. The van der Waals surface area contributed by atoms with Gasteiger partial charge in [0.15, 0.2) is 0 Å². The Morgan fingerprint density at radius 1 is 1.77 bits per heavy atom. The number of rotatable bonds is 4. The van der Waals surface area contributed by atoms with E-state index in [1.54, 1.807) is 23.9 Å². The summed E-state index contributed by atoms with van der Waals surface area (Å²) in [5.41, 5.74) is 0. The van der Waals surface area contributed by atoms with E-state index in [9.17, 15) is 4.79 Å². The lowest BCUT2D eigenvalue weighted by atomic mass is 10.5. The van der Waals surface area contributed by atoms with Gasteiger partial charge in [0.2, 0.25) is 5.82 Å². The summed E-state index contributed by atoms with van der Waals surface area (Å²) < 4.78 is 6.59. The van der Waals surface area contributed by atoms with Crippen molar-refractivity contribution >= 4 is 21.9 Å². The number of alkyl halides is 1. The summed E-state index contributed by atoms with van der Waals surface area (Å²) in [6.45, 7) is 2.86. The molecular weight excluding hydrogens is 236 g/mol. The second kappa shape index (κ2) is 5.01. The van der Waals surface area contributed by atoms with Crippen molar-refractivity contribution in [3.05, 3.63) is 18.2 Å². The number of aromatic nitrogens is 2. The molecule has 0 spiro atoms. The molecule has 13 heavy (non-hydrogen) atoms. The van der Waals surface area contributed by atoms with E-state index >= 15 is 0 Å². The van der Waals surface area contributed by atoms with Crippen LogP contribution in [0, 0.1) is 0 Å². The Bertz CT molecular complexity index is 285. The molecule has 0 N–H and O–H groups in total. The van der Waals surface area contributed by atoms with Gasteiger partial charge in [0, 0.05) is 24.3 Å². The molecular formula is C8H11BrN2O2. The third-order valence-corrected chi connectivity index (χ3v) is 1.85. The van der Waals surface area contributed by atoms with Crippen molar-refractivity contribution < 1.29 is 9.53 Å². The van der Waals surface area contributed by atoms with Crippen molar-refractivity contribution in [2.45, 2.75) is 13.5 Å². The van der Waals surface area contributed by atoms with Gasteiger partial charge in [-0.1, -0.05) is 15.9 Å². The smallest absolute Gasteiger partial charge is 0.374 e. The van der Waals surface area contributed by atoms with Crippen LogP contribution in [0.15, 0.2) is 12.4 Å². The topological polar surface area (TPSA) is 44.1 Å². The van der Waals surface area contributed by atoms with Gasteiger partial charge < -0.3 is 9.30 Å². The maximum absolute atomic E-state index is 11.3. The van der Waals surface area contributed by atoms with Crippen LogP contribution in [0.1, 0.15) is 17.5 Å².